The van der Waals surface area contributed by atoms with Crippen LogP contribution in [0.5, 0.6) is 0 Å². The average Bonchev–Trinajstić information content (AvgIpc) is 3.08. The number of hydrogen-bond donors (Lipinski definition) is 0. The van der Waals surface area contributed by atoms with E-state index in [1.807, 2.05) is 6.07 Å². The summed E-state index contributed by atoms with van der Waals surface area (Å²) in [7, 11) is 0. The molecule has 0 radical (unpaired) electrons. The SMILES string of the molecule is C1=CCCC(n2c(-c3ccc4ccccc4c3)nc3ncccc32)=C1. The molecule has 0 unspecified atom stereocenters. The van der Waals surface area contributed by atoms with E-state index < -0.39 is 0 Å². The maximum atomic E-state index is 4.85. The van der Waals surface area contributed by atoms with Gasteiger partial charge in [0.15, 0.2) is 5.65 Å². The number of hydrogen-bond acceptors (Lipinski definition) is 2. The van der Waals surface area contributed by atoms with Gasteiger partial charge >= 0.3 is 0 Å². The molecule has 0 amide bonds. The predicted octanol–water partition coefficient (Wildman–Crippen LogP) is 5.44. The van der Waals surface area contributed by atoms with Crippen LogP contribution in [0, 0.1) is 0 Å². The Kier molecular flexibility index (Phi) is 3.23. The first-order valence-electron chi connectivity index (χ1n) is 8.59. The summed E-state index contributed by atoms with van der Waals surface area (Å²) in [5.41, 5.74) is 4.24. The first-order valence-corrected chi connectivity index (χ1v) is 8.59. The van der Waals surface area contributed by atoms with Crippen molar-refractivity contribution in [1.82, 2.24) is 14.5 Å². The van der Waals surface area contributed by atoms with Crippen molar-refractivity contribution in [2.75, 3.05) is 0 Å². The van der Waals surface area contributed by atoms with Gasteiger partial charge in [0.05, 0.1) is 5.52 Å². The molecule has 0 bridgehead atoms. The molecule has 2 heterocycles. The molecule has 0 N–H and O–H groups in total. The number of benzene rings is 2. The molecule has 120 valence electrons. The van der Waals surface area contributed by atoms with Crippen molar-refractivity contribution in [3.05, 3.63) is 79.0 Å². The smallest absolute Gasteiger partial charge is 0.178 e. The highest BCUT2D eigenvalue weighted by Crippen LogP contribution is 2.31. The third kappa shape index (κ3) is 2.36. The zero-order valence-electron chi connectivity index (χ0n) is 13.8. The predicted molar refractivity (Wildman–Crippen MR) is 103 cm³/mol. The molecule has 0 saturated carbocycles. The zero-order valence-corrected chi connectivity index (χ0v) is 13.8. The first kappa shape index (κ1) is 14.2. The lowest BCUT2D eigenvalue weighted by Crippen LogP contribution is -2.01. The molecular formula is C22H17N3. The minimum Gasteiger partial charge on any atom is -0.294 e. The third-order valence-corrected chi connectivity index (χ3v) is 4.72. The van der Waals surface area contributed by atoms with Crippen molar-refractivity contribution >= 4 is 27.6 Å². The maximum absolute atomic E-state index is 4.85. The van der Waals surface area contributed by atoms with Crippen molar-refractivity contribution in [1.29, 1.82) is 0 Å². The highest BCUT2D eigenvalue weighted by molar-refractivity contribution is 5.89. The monoisotopic (exact) mass is 323 g/mol. The van der Waals surface area contributed by atoms with Gasteiger partial charge in [-0.25, -0.2) is 9.97 Å². The standard InChI is InChI=1S/C22H17N3/c1-2-9-19(10-3-1)25-20-11-6-14-23-21(20)24-22(25)18-13-12-16-7-4-5-8-17(16)15-18/h1-2,4-9,11-15H,3,10H2. The highest BCUT2D eigenvalue weighted by Gasteiger charge is 2.17. The van der Waals surface area contributed by atoms with Crippen LogP contribution >= 0.6 is 0 Å². The Balaban J connectivity index is 1.79. The molecule has 0 aliphatic heterocycles. The minimum atomic E-state index is 0.793. The maximum Gasteiger partial charge on any atom is 0.178 e. The average molecular weight is 323 g/mol. The second-order valence-corrected chi connectivity index (χ2v) is 6.30. The quantitative estimate of drug-likeness (QED) is 0.491. The van der Waals surface area contributed by atoms with Gasteiger partial charge < -0.3 is 0 Å². The first-order chi connectivity index (χ1) is 12.4. The van der Waals surface area contributed by atoms with E-state index in [9.17, 15) is 0 Å². The Morgan fingerprint density at radius 3 is 2.72 bits per heavy atom. The Morgan fingerprint density at radius 1 is 0.920 bits per heavy atom. The summed E-state index contributed by atoms with van der Waals surface area (Å²) < 4.78 is 2.26. The summed E-state index contributed by atoms with van der Waals surface area (Å²) >= 11 is 0. The highest BCUT2D eigenvalue weighted by atomic mass is 15.1. The van der Waals surface area contributed by atoms with Gasteiger partial charge in [0.1, 0.15) is 5.82 Å². The van der Waals surface area contributed by atoms with Crippen molar-refractivity contribution in [2.45, 2.75) is 12.8 Å². The van der Waals surface area contributed by atoms with E-state index in [1.165, 1.54) is 16.5 Å². The van der Waals surface area contributed by atoms with E-state index in [0.717, 1.165) is 35.4 Å². The molecule has 4 aromatic rings. The second-order valence-electron chi connectivity index (χ2n) is 6.30. The fourth-order valence-electron chi connectivity index (χ4n) is 3.50. The molecule has 0 spiro atoms. The van der Waals surface area contributed by atoms with Crippen molar-refractivity contribution < 1.29 is 0 Å². The number of rotatable bonds is 2. The Hall–Kier alpha value is -3.20. The van der Waals surface area contributed by atoms with Gasteiger partial charge in [-0.15, -0.1) is 0 Å². The van der Waals surface area contributed by atoms with Crippen LogP contribution in [0.15, 0.2) is 79.0 Å². The molecule has 0 saturated heterocycles. The summed E-state index contributed by atoms with van der Waals surface area (Å²) in [6, 6.07) is 19.0. The molecule has 3 heteroatoms. The second kappa shape index (κ2) is 5.71. The van der Waals surface area contributed by atoms with Crippen LogP contribution in [0.4, 0.5) is 0 Å². The largest absolute Gasteiger partial charge is 0.294 e. The van der Waals surface area contributed by atoms with Crippen LogP contribution in [0.2, 0.25) is 0 Å². The number of imidazole rings is 1. The van der Waals surface area contributed by atoms with Crippen LogP contribution in [-0.4, -0.2) is 14.5 Å². The molecule has 25 heavy (non-hydrogen) atoms. The number of allylic oxidation sites excluding steroid dienone is 4. The summed E-state index contributed by atoms with van der Waals surface area (Å²) in [5, 5.41) is 2.47. The molecule has 3 nitrogen and oxygen atoms in total. The lowest BCUT2D eigenvalue weighted by atomic mass is 10.1. The fourth-order valence-corrected chi connectivity index (χ4v) is 3.50. The number of pyridine rings is 1. The van der Waals surface area contributed by atoms with Crippen molar-refractivity contribution in [3.8, 4) is 11.4 Å². The molecule has 0 fully saturated rings. The number of fused-ring (bicyclic) bond motifs is 2. The van der Waals surface area contributed by atoms with Gasteiger partial charge in [-0.2, -0.15) is 0 Å². The van der Waals surface area contributed by atoms with Gasteiger partial charge in [0, 0.05) is 17.5 Å². The van der Waals surface area contributed by atoms with Crippen LogP contribution < -0.4 is 0 Å². The summed E-state index contributed by atoms with van der Waals surface area (Å²) in [6.07, 6.45) is 10.4. The Bertz CT molecular complexity index is 1150. The molecule has 2 aromatic carbocycles. The minimum absolute atomic E-state index is 0.793. The topological polar surface area (TPSA) is 30.7 Å². The molecule has 5 rings (SSSR count). The van der Waals surface area contributed by atoms with Crippen molar-refractivity contribution in [2.24, 2.45) is 0 Å². The van der Waals surface area contributed by atoms with E-state index in [-0.39, 0.29) is 0 Å². The van der Waals surface area contributed by atoms with E-state index in [4.69, 9.17) is 4.98 Å². The molecule has 1 aliphatic rings. The molecular weight excluding hydrogens is 306 g/mol. The summed E-state index contributed by atoms with van der Waals surface area (Å²) in [4.78, 5) is 9.32. The summed E-state index contributed by atoms with van der Waals surface area (Å²) in [6.45, 7) is 0. The Labute approximate surface area is 146 Å². The zero-order chi connectivity index (χ0) is 16.6. The van der Waals surface area contributed by atoms with Gasteiger partial charge in [-0.05, 0) is 47.9 Å². The lowest BCUT2D eigenvalue weighted by Gasteiger charge is -2.15. The van der Waals surface area contributed by atoms with Crippen LogP contribution in [0.3, 0.4) is 0 Å². The van der Waals surface area contributed by atoms with Crippen LogP contribution in [0.25, 0.3) is 39.0 Å². The lowest BCUT2D eigenvalue weighted by molar-refractivity contribution is 0.960. The van der Waals surface area contributed by atoms with E-state index >= 15 is 0 Å². The molecule has 2 aromatic heterocycles. The van der Waals surface area contributed by atoms with E-state index in [1.54, 1.807) is 6.20 Å². The summed E-state index contributed by atoms with van der Waals surface area (Å²) in [5.74, 6) is 0.959. The van der Waals surface area contributed by atoms with Gasteiger partial charge in [-0.3, -0.25) is 4.57 Å². The fraction of sp³-hybridized carbons (Fsp3) is 0.0909. The van der Waals surface area contributed by atoms with Gasteiger partial charge in [-0.1, -0.05) is 48.6 Å². The van der Waals surface area contributed by atoms with E-state index in [0.29, 0.717) is 0 Å². The molecule has 1 aliphatic carbocycles. The number of nitrogens with zero attached hydrogens (tertiary/aromatic N) is 3. The van der Waals surface area contributed by atoms with E-state index in [2.05, 4.69) is 76.3 Å². The molecule has 0 atom stereocenters. The Morgan fingerprint density at radius 2 is 1.84 bits per heavy atom. The van der Waals surface area contributed by atoms with Crippen LogP contribution in [0.1, 0.15) is 12.8 Å². The van der Waals surface area contributed by atoms with Crippen LogP contribution in [-0.2, 0) is 0 Å². The normalized spacial score (nSPS) is 14.2. The van der Waals surface area contributed by atoms with Crippen molar-refractivity contribution in [3.63, 3.8) is 0 Å². The third-order valence-electron chi connectivity index (χ3n) is 4.72. The number of aromatic nitrogens is 3. The van der Waals surface area contributed by atoms with Gasteiger partial charge in [0.25, 0.3) is 0 Å². The van der Waals surface area contributed by atoms with Gasteiger partial charge in [0.2, 0.25) is 0 Å².